The third kappa shape index (κ3) is 2.68. The number of hydrogen-bond acceptors (Lipinski definition) is 5. The van der Waals surface area contributed by atoms with Crippen LogP contribution in [0.5, 0.6) is 0 Å². The molecular formula is C14H23N5S. The Bertz CT molecular complexity index is 565. The zero-order valence-corrected chi connectivity index (χ0v) is 13.3. The standard InChI is InChI=1S/C14H23N5S/c1-11(2)15-10-12-13(16-14-19(12)8-9-20-14)18-6-4-17(3)5-7-18/h8-9,11,15H,4-7,10H2,1-3H3. The average molecular weight is 293 g/mol. The molecule has 3 rings (SSSR count). The summed E-state index contributed by atoms with van der Waals surface area (Å²) in [4.78, 5) is 10.7. The molecule has 0 saturated carbocycles. The Kier molecular flexibility index (Phi) is 3.96. The lowest BCUT2D eigenvalue weighted by Gasteiger charge is -2.33. The van der Waals surface area contributed by atoms with Gasteiger partial charge in [0, 0.05) is 50.3 Å². The van der Waals surface area contributed by atoms with Crippen molar-refractivity contribution < 1.29 is 0 Å². The van der Waals surface area contributed by atoms with Gasteiger partial charge in [0.2, 0.25) is 0 Å². The minimum atomic E-state index is 0.486. The van der Waals surface area contributed by atoms with Crippen LogP contribution >= 0.6 is 11.3 Å². The molecular weight excluding hydrogens is 270 g/mol. The molecule has 1 aliphatic rings. The van der Waals surface area contributed by atoms with Gasteiger partial charge in [-0.3, -0.25) is 4.40 Å². The van der Waals surface area contributed by atoms with Gasteiger partial charge in [-0.05, 0) is 7.05 Å². The fourth-order valence-electron chi connectivity index (χ4n) is 2.56. The van der Waals surface area contributed by atoms with E-state index in [1.807, 2.05) is 0 Å². The Hall–Kier alpha value is -1.11. The Morgan fingerprint density at radius 3 is 2.75 bits per heavy atom. The molecule has 0 aliphatic carbocycles. The van der Waals surface area contributed by atoms with E-state index in [1.54, 1.807) is 11.3 Å². The highest BCUT2D eigenvalue weighted by atomic mass is 32.1. The summed E-state index contributed by atoms with van der Waals surface area (Å²) >= 11 is 1.71. The molecule has 3 heterocycles. The van der Waals surface area contributed by atoms with E-state index in [2.05, 4.69) is 52.0 Å². The molecule has 0 aromatic carbocycles. The van der Waals surface area contributed by atoms with E-state index in [4.69, 9.17) is 4.98 Å². The van der Waals surface area contributed by atoms with E-state index in [9.17, 15) is 0 Å². The van der Waals surface area contributed by atoms with Crippen LogP contribution in [0.15, 0.2) is 11.6 Å². The minimum absolute atomic E-state index is 0.486. The monoisotopic (exact) mass is 293 g/mol. The van der Waals surface area contributed by atoms with Gasteiger partial charge >= 0.3 is 0 Å². The number of likely N-dealkylation sites (N-methyl/N-ethyl adjacent to an activating group) is 1. The molecule has 1 fully saturated rings. The molecule has 5 nitrogen and oxygen atoms in total. The Balaban J connectivity index is 1.88. The third-order valence-corrected chi connectivity index (χ3v) is 4.58. The van der Waals surface area contributed by atoms with E-state index in [0.29, 0.717) is 6.04 Å². The predicted octanol–water partition coefficient (Wildman–Crippen LogP) is 1.65. The SMILES string of the molecule is CC(C)NCc1c(N2CCN(C)CC2)nc2sccn12. The molecule has 20 heavy (non-hydrogen) atoms. The number of aromatic nitrogens is 2. The molecule has 0 unspecified atom stereocenters. The summed E-state index contributed by atoms with van der Waals surface area (Å²) in [5.74, 6) is 1.16. The molecule has 1 aliphatic heterocycles. The van der Waals surface area contributed by atoms with Crippen LogP contribution in [-0.4, -0.2) is 53.6 Å². The number of anilines is 1. The van der Waals surface area contributed by atoms with E-state index in [0.717, 1.165) is 43.5 Å². The van der Waals surface area contributed by atoms with Crippen molar-refractivity contribution in [2.24, 2.45) is 0 Å². The zero-order valence-electron chi connectivity index (χ0n) is 12.5. The first kappa shape index (κ1) is 13.9. The number of nitrogens with zero attached hydrogens (tertiary/aromatic N) is 4. The molecule has 1 saturated heterocycles. The van der Waals surface area contributed by atoms with E-state index in [1.165, 1.54) is 5.69 Å². The molecule has 1 N–H and O–H groups in total. The highest BCUT2D eigenvalue weighted by molar-refractivity contribution is 7.15. The van der Waals surface area contributed by atoms with Crippen LogP contribution in [0.1, 0.15) is 19.5 Å². The second-order valence-corrected chi connectivity index (χ2v) is 6.64. The second-order valence-electron chi connectivity index (χ2n) is 5.76. The number of nitrogens with one attached hydrogen (secondary N) is 1. The fourth-order valence-corrected chi connectivity index (χ4v) is 3.29. The third-order valence-electron chi connectivity index (χ3n) is 3.82. The number of fused-ring (bicyclic) bond motifs is 1. The Morgan fingerprint density at radius 2 is 2.05 bits per heavy atom. The van der Waals surface area contributed by atoms with Crippen molar-refractivity contribution in [3.63, 3.8) is 0 Å². The summed E-state index contributed by atoms with van der Waals surface area (Å²) < 4.78 is 2.23. The van der Waals surface area contributed by atoms with Crippen molar-refractivity contribution >= 4 is 22.1 Å². The van der Waals surface area contributed by atoms with Gasteiger partial charge in [-0.25, -0.2) is 4.98 Å². The van der Waals surface area contributed by atoms with E-state index < -0.39 is 0 Å². The van der Waals surface area contributed by atoms with Crippen LogP contribution in [0.3, 0.4) is 0 Å². The number of hydrogen-bond donors (Lipinski definition) is 1. The van der Waals surface area contributed by atoms with E-state index >= 15 is 0 Å². The molecule has 6 heteroatoms. The molecule has 110 valence electrons. The highest BCUT2D eigenvalue weighted by Crippen LogP contribution is 2.25. The van der Waals surface area contributed by atoms with Crippen LogP contribution in [-0.2, 0) is 6.54 Å². The minimum Gasteiger partial charge on any atom is -0.352 e. The van der Waals surface area contributed by atoms with Crippen LogP contribution in [0.25, 0.3) is 4.96 Å². The Labute approximate surface area is 124 Å². The van der Waals surface area contributed by atoms with Crippen LogP contribution in [0.2, 0.25) is 0 Å². The van der Waals surface area contributed by atoms with E-state index in [-0.39, 0.29) is 0 Å². The number of thiazole rings is 1. The highest BCUT2D eigenvalue weighted by Gasteiger charge is 2.22. The van der Waals surface area contributed by atoms with Gasteiger partial charge < -0.3 is 15.1 Å². The largest absolute Gasteiger partial charge is 0.352 e. The molecule has 2 aromatic rings. The van der Waals surface area contributed by atoms with Crippen LogP contribution in [0.4, 0.5) is 5.82 Å². The average Bonchev–Trinajstić information content (AvgIpc) is 2.98. The fraction of sp³-hybridized carbons (Fsp3) is 0.643. The first-order valence-electron chi connectivity index (χ1n) is 7.26. The molecule has 0 radical (unpaired) electrons. The topological polar surface area (TPSA) is 35.8 Å². The molecule has 0 amide bonds. The van der Waals surface area contributed by atoms with Gasteiger partial charge in [-0.15, -0.1) is 11.3 Å². The van der Waals surface area contributed by atoms with Gasteiger partial charge in [0.05, 0.1) is 5.69 Å². The van der Waals surface area contributed by atoms with Crippen LogP contribution < -0.4 is 10.2 Å². The van der Waals surface area contributed by atoms with Crippen molar-refractivity contribution in [3.05, 3.63) is 17.3 Å². The lowest BCUT2D eigenvalue weighted by atomic mass is 10.3. The van der Waals surface area contributed by atoms with Crippen molar-refractivity contribution in [2.75, 3.05) is 38.1 Å². The van der Waals surface area contributed by atoms with Gasteiger partial charge in [-0.2, -0.15) is 0 Å². The molecule has 0 atom stereocenters. The number of piperazine rings is 1. The maximum absolute atomic E-state index is 4.85. The lowest BCUT2D eigenvalue weighted by Crippen LogP contribution is -2.45. The first-order chi connectivity index (χ1) is 9.65. The maximum Gasteiger partial charge on any atom is 0.195 e. The number of rotatable bonds is 4. The molecule has 0 spiro atoms. The molecule has 0 bridgehead atoms. The van der Waals surface area contributed by atoms with Crippen molar-refractivity contribution in [1.82, 2.24) is 19.6 Å². The summed E-state index contributed by atoms with van der Waals surface area (Å²) in [5.41, 5.74) is 1.29. The summed E-state index contributed by atoms with van der Waals surface area (Å²) in [6.45, 7) is 9.59. The second kappa shape index (κ2) is 5.71. The quantitative estimate of drug-likeness (QED) is 0.930. The van der Waals surface area contributed by atoms with Crippen molar-refractivity contribution in [3.8, 4) is 0 Å². The summed E-state index contributed by atoms with van der Waals surface area (Å²) in [6.07, 6.45) is 2.13. The van der Waals surface area contributed by atoms with Crippen LogP contribution in [0, 0.1) is 0 Å². The zero-order chi connectivity index (χ0) is 14.1. The number of imidazole rings is 1. The molecule has 2 aromatic heterocycles. The predicted molar refractivity (Wildman–Crippen MR) is 84.8 cm³/mol. The normalized spacial score (nSPS) is 17.5. The first-order valence-corrected chi connectivity index (χ1v) is 8.14. The van der Waals surface area contributed by atoms with Gasteiger partial charge in [0.25, 0.3) is 0 Å². The smallest absolute Gasteiger partial charge is 0.195 e. The van der Waals surface area contributed by atoms with Gasteiger partial charge in [0.15, 0.2) is 10.8 Å². The maximum atomic E-state index is 4.85. The summed E-state index contributed by atoms with van der Waals surface area (Å²) in [5, 5.41) is 5.63. The Morgan fingerprint density at radius 1 is 1.30 bits per heavy atom. The van der Waals surface area contributed by atoms with Crippen molar-refractivity contribution in [2.45, 2.75) is 26.4 Å². The lowest BCUT2D eigenvalue weighted by molar-refractivity contribution is 0.312. The summed E-state index contributed by atoms with van der Waals surface area (Å²) in [6, 6.07) is 0.486. The summed E-state index contributed by atoms with van der Waals surface area (Å²) in [7, 11) is 2.18. The van der Waals surface area contributed by atoms with Gasteiger partial charge in [0.1, 0.15) is 0 Å². The van der Waals surface area contributed by atoms with Gasteiger partial charge in [-0.1, -0.05) is 13.8 Å². The van der Waals surface area contributed by atoms with Crippen molar-refractivity contribution in [1.29, 1.82) is 0 Å².